The molecule has 1 aromatic heterocycles. The van der Waals surface area contributed by atoms with E-state index in [1.165, 1.54) is 6.92 Å². The number of nitrogens with one attached hydrogen (secondary N) is 1. The van der Waals surface area contributed by atoms with Gasteiger partial charge in [0, 0.05) is 23.1 Å². The summed E-state index contributed by atoms with van der Waals surface area (Å²) in [4.78, 5) is 17.8. The van der Waals surface area contributed by atoms with Gasteiger partial charge in [0.05, 0.1) is 30.4 Å². The SMILES string of the molecule is CCS(=O)(=O)C1=NSC2=NC(=O)/C(=C\c3cc(C)n(-c4cccc(OC)c4)c3C)C(=N)N21. The zero-order valence-electron chi connectivity index (χ0n) is 17.9. The smallest absolute Gasteiger partial charge is 0.283 e. The van der Waals surface area contributed by atoms with Gasteiger partial charge in [-0.1, -0.05) is 13.0 Å². The van der Waals surface area contributed by atoms with E-state index in [1.807, 2.05) is 48.7 Å². The fraction of sp³-hybridized carbons (Fsp3) is 0.238. The lowest BCUT2D eigenvalue weighted by molar-refractivity contribution is -0.114. The Kier molecular flexibility index (Phi) is 5.55. The van der Waals surface area contributed by atoms with Gasteiger partial charge < -0.3 is 9.30 Å². The van der Waals surface area contributed by atoms with E-state index in [4.69, 9.17) is 10.1 Å². The second-order valence-electron chi connectivity index (χ2n) is 7.17. The highest BCUT2D eigenvalue weighted by Crippen LogP contribution is 2.31. The highest BCUT2D eigenvalue weighted by Gasteiger charge is 2.42. The minimum atomic E-state index is -3.69. The van der Waals surface area contributed by atoms with Crippen LogP contribution in [0, 0.1) is 19.3 Å². The summed E-state index contributed by atoms with van der Waals surface area (Å²) in [5, 5.41) is 8.37. The molecule has 0 aliphatic carbocycles. The Morgan fingerprint density at radius 2 is 2.00 bits per heavy atom. The molecule has 0 radical (unpaired) electrons. The summed E-state index contributed by atoms with van der Waals surface area (Å²) < 4.78 is 36.1. The van der Waals surface area contributed by atoms with Crippen molar-refractivity contribution < 1.29 is 17.9 Å². The van der Waals surface area contributed by atoms with Gasteiger partial charge in [0.2, 0.25) is 20.2 Å². The number of fused-ring (bicyclic) bond motifs is 1. The van der Waals surface area contributed by atoms with Crippen molar-refractivity contribution in [1.29, 1.82) is 5.41 Å². The number of carbonyl (C=O) groups excluding carboxylic acids is 1. The van der Waals surface area contributed by atoms with Crippen molar-refractivity contribution in [3.05, 3.63) is 52.9 Å². The molecule has 32 heavy (non-hydrogen) atoms. The van der Waals surface area contributed by atoms with E-state index in [0.717, 1.165) is 45.2 Å². The van der Waals surface area contributed by atoms with Crippen LogP contribution in [0.5, 0.6) is 5.75 Å². The number of hydrogen-bond donors (Lipinski definition) is 1. The lowest BCUT2D eigenvalue weighted by Gasteiger charge is -2.24. The third-order valence-corrected chi connectivity index (χ3v) is 7.64. The number of hydrogen-bond acceptors (Lipinski definition) is 7. The van der Waals surface area contributed by atoms with Crippen LogP contribution >= 0.6 is 11.9 Å². The largest absolute Gasteiger partial charge is 0.497 e. The molecule has 4 rings (SSSR count). The number of sulfone groups is 1. The molecule has 9 nitrogen and oxygen atoms in total. The predicted molar refractivity (Wildman–Crippen MR) is 126 cm³/mol. The van der Waals surface area contributed by atoms with Crippen LogP contribution in [-0.2, 0) is 14.6 Å². The second-order valence-corrected chi connectivity index (χ2v) is 10.1. The Hall–Kier alpha value is -3.18. The summed E-state index contributed by atoms with van der Waals surface area (Å²) in [6, 6.07) is 9.50. The van der Waals surface area contributed by atoms with E-state index in [2.05, 4.69) is 9.39 Å². The molecule has 2 aliphatic heterocycles. The van der Waals surface area contributed by atoms with Gasteiger partial charge in [-0.05, 0) is 43.7 Å². The van der Waals surface area contributed by atoms with E-state index in [1.54, 1.807) is 13.2 Å². The minimum absolute atomic E-state index is 0.00106. The van der Waals surface area contributed by atoms with Crippen molar-refractivity contribution in [3.63, 3.8) is 0 Å². The van der Waals surface area contributed by atoms with Crippen LogP contribution < -0.4 is 4.74 Å². The first kappa shape index (κ1) is 22.0. The quantitative estimate of drug-likeness (QED) is 0.541. The van der Waals surface area contributed by atoms with Crippen molar-refractivity contribution in [2.24, 2.45) is 9.39 Å². The molecule has 0 fully saturated rings. The number of rotatable bonds is 4. The van der Waals surface area contributed by atoms with Gasteiger partial charge >= 0.3 is 0 Å². The summed E-state index contributed by atoms with van der Waals surface area (Å²) in [7, 11) is -2.09. The monoisotopic (exact) mass is 471 g/mol. The first-order valence-corrected chi connectivity index (χ1v) is 12.2. The first-order valence-electron chi connectivity index (χ1n) is 9.72. The molecule has 3 heterocycles. The summed E-state index contributed by atoms with van der Waals surface area (Å²) >= 11 is 0.783. The number of amidine groups is 3. The fourth-order valence-electron chi connectivity index (χ4n) is 3.57. The Balaban J connectivity index is 1.77. The number of nitrogens with zero attached hydrogens (tertiary/aromatic N) is 4. The Labute approximate surface area is 190 Å². The molecule has 0 atom stereocenters. The van der Waals surface area contributed by atoms with Crippen LogP contribution in [0.2, 0.25) is 0 Å². The van der Waals surface area contributed by atoms with E-state index < -0.39 is 15.7 Å². The summed E-state index contributed by atoms with van der Waals surface area (Å²) in [6.07, 6.45) is 1.57. The summed E-state index contributed by atoms with van der Waals surface area (Å²) in [5.74, 6) is -0.313. The molecule has 0 bridgehead atoms. The molecule has 2 aromatic rings. The molecule has 1 amide bonds. The highest BCUT2D eigenvalue weighted by atomic mass is 32.2. The summed E-state index contributed by atoms with van der Waals surface area (Å²) in [5.41, 5.74) is 3.40. The number of aliphatic imine (C=N–C) groups is 1. The van der Waals surface area contributed by atoms with Crippen LogP contribution in [0.25, 0.3) is 11.8 Å². The average molecular weight is 472 g/mol. The maximum atomic E-state index is 12.7. The Morgan fingerprint density at radius 1 is 1.25 bits per heavy atom. The van der Waals surface area contributed by atoms with Gasteiger partial charge in [-0.25, -0.2) is 13.3 Å². The minimum Gasteiger partial charge on any atom is -0.497 e. The van der Waals surface area contributed by atoms with Gasteiger partial charge in [-0.2, -0.15) is 9.39 Å². The molecule has 11 heteroatoms. The van der Waals surface area contributed by atoms with E-state index >= 15 is 0 Å². The molecule has 0 unspecified atom stereocenters. The van der Waals surface area contributed by atoms with Gasteiger partial charge in [0.15, 0.2) is 0 Å². The van der Waals surface area contributed by atoms with E-state index in [-0.39, 0.29) is 27.5 Å². The standard InChI is InChI=1S/C21H21N5O4S2/c1-5-32(28,29)21-24-31-20-23-19(27)17(18(22)26(20)21)10-14-9-12(2)25(13(14)3)15-7-6-8-16(11-15)30-4/h6-11,22H,5H2,1-4H3/b17-10-,22-18?. The molecule has 1 aromatic carbocycles. The number of aryl methyl sites for hydroxylation is 1. The van der Waals surface area contributed by atoms with Crippen molar-refractivity contribution in [3.8, 4) is 11.4 Å². The number of methoxy groups -OCH3 is 1. The molecule has 0 saturated heterocycles. The van der Waals surface area contributed by atoms with Gasteiger partial charge in [-0.15, -0.1) is 0 Å². The highest BCUT2D eigenvalue weighted by molar-refractivity contribution is 8.16. The van der Waals surface area contributed by atoms with Crippen molar-refractivity contribution in [2.75, 3.05) is 12.9 Å². The lowest BCUT2D eigenvalue weighted by Crippen LogP contribution is -2.45. The number of amides is 1. The molecule has 0 spiro atoms. The van der Waals surface area contributed by atoms with Gasteiger partial charge in [0.25, 0.3) is 5.91 Å². The van der Waals surface area contributed by atoms with Crippen molar-refractivity contribution >= 4 is 49.9 Å². The average Bonchev–Trinajstić information content (AvgIpc) is 3.32. The molecule has 166 valence electrons. The van der Waals surface area contributed by atoms with Gasteiger partial charge in [-0.3, -0.25) is 10.2 Å². The van der Waals surface area contributed by atoms with Gasteiger partial charge in [0.1, 0.15) is 11.6 Å². The zero-order valence-corrected chi connectivity index (χ0v) is 19.5. The second kappa shape index (κ2) is 8.06. The van der Waals surface area contributed by atoms with Crippen molar-refractivity contribution in [2.45, 2.75) is 20.8 Å². The Morgan fingerprint density at radius 3 is 2.69 bits per heavy atom. The van der Waals surface area contributed by atoms with Crippen LogP contribution in [0.1, 0.15) is 23.9 Å². The molecular formula is C21H21N5O4S2. The van der Waals surface area contributed by atoms with E-state index in [9.17, 15) is 13.2 Å². The molecule has 0 saturated carbocycles. The van der Waals surface area contributed by atoms with Crippen LogP contribution in [-0.4, -0.2) is 52.8 Å². The summed E-state index contributed by atoms with van der Waals surface area (Å²) in [6.45, 7) is 5.35. The predicted octanol–water partition coefficient (Wildman–Crippen LogP) is 3.11. The Bertz CT molecular complexity index is 1350. The van der Waals surface area contributed by atoms with Crippen LogP contribution in [0.4, 0.5) is 0 Å². The number of ether oxygens (including phenoxy) is 1. The lowest BCUT2D eigenvalue weighted by atomic mass is 10.1. The zero-order chi connectivity index (χ0) is 23.2. The topological polar surface area (TPSA) is 117 Å². The molecule has 1 N–H and O–H groups in total. The first-order chi connectivity index (χ1) is 15.2. The van der Waals surface area contributed by atoms with E-state index in [0.29, 0.717) is 0 Å². The van der Waals surface area contributed by atoms with Crippen LogP contribution in [0.15, 0.2) is 45.3 Å². The third-order valence-electron chi connectivity index (χ3n) is 5.23. The van der Waals surface area contributed by atoms with Crippen LogP contribution in [0.3, 0.4) is 0 Å². The number of aromatic nitrogens is 1. The normalized spacial score (nSPS) is 17.5. The maximum Gasteiger partial charge on any atom is 0.283 e. The third kappa shape index (κ3) is 3.56. The van der Waals surface area contributed by atoms with Crippen molar-refractivity contribution in [1.82, 2.24) is 9.47 Å². The molecular weight excluding hydrogens is 450 g/mol. The number of benzene rings is 1. The molecule has 2 aliphatic rings. The maximum absolute atomic E-state index is 12.7. The fourth-order valence-corrected chi connectivity index (χ4v) is 5.53. The number of carbonyl (C=O) groups is 1.